The number of benzene rings is 1. The number of ether oxygens (including phenoxy) is 1. The van der Waals surface area contributed by atoms with E-state index in [-0.39, 0.29) is 0 Å². The highest BCUT2D eigenvalue weighted by Crippen LogP contribution is 2.30. The van der Waals surface area contributed by atoms with E-state index < -0.39 is 0 Å². The van der Waals surface area contributed by atoms with Gasteiger partial charge in [-0.05, 0) is 48.4 Å². The van der Waals surface area contributed by atoms with Crippen LogP contribution < -0.4 is 4.74 Å². The van der Waals surface area contributed by atoms with Crippen molar-refractivity contribution >= 4 is 0 Å². The zero-order valence-corrected chi connectivity index (χ0v) is 9.92. The zero-order valence-electron chi connectivity index (χ0n) is 9.92. The normalized spacial score (nSPS) is 15.7. The van der Waals surface area contributed by atoms with Gasteiger partial charge in [-0.15, -0.1) is 0 Å². The molecule has 0 N–H and O–H groups in total. The molecular formula is C14H20O. The fourth-order valence-corrected chi connectivity index (χ4v) is 1.90. The predicted molar refractivity (Wildman–Crippen MR) is 63.6 cm³/mol. The molecule has 1 saturated carbocycles. The Morgan fingerprint density at radius 3 is 2.60 bits per heavy atom. The Kier molecular flexibility index (Phi) is 2.99. The highest BCUT2D eigenvalue weighted by Gasteiger charge is 2.23. The van der Waals surface area contributed by atoms with Gasteiger partial charge in [-0.2, -0.15) is 0 Å². The van der Waals surface area contributed by atoms with E-state index in [1.165, 1.54) is 24.0 Å². The van der Waals surface area contributed by atoms with Crippen molar-refractivity contribution in [2.45, 2.75) is 52.1 Å². The second kappa shape index (κ2) is 4.26. The minimum Gasteiger partial charge on any atom is -0.490 e. The topological polar surface area (TPSA) is 9.23 Å². The average molecular weight is 204 g/mol. The summed E-state index contributed by atoms with van der Waals surface area (Å²) in [5.74, 6) is 1.66. The van der Waals surface area contributed by atoms with Gasteiger partial charge < -0.3 is 4.74 Å². The standard InChI is InChI=1S/C14H20O/c1-4-11-9-13(15-12-5-6-12)7-8-14(11)10(2)3/h7-10,12H,4-6H2,1-3H3. The van der Waals surface area contributed by atoms with E-state index in [4.69, 9.17) is 4.74 Å². The second-order valence-electron chi connectivity index (χ2n) is 4.69. The maximum atomic E-state index is 5.80. The van der Waals surface area contributed by atoms with Crippen molar-refractivity contribution < 1.29 is 4.74 Å². The summed E-state index contributed by atoms with van der Waals surface area (Å²) >= 11 is 0. The van der Waals surface area contributed by atoms with Crippen LogP contribution in [0, 0.1) is 0 Å². The van der Waals surface area contributed by atoms with Crippen molar-refractivity contribution in [3.8, 4) is 5.75 Å². The number of rotatable bonds is 4. The van der Waals surface area contributed by atoms with Gasteiger partial charge in [-0.25, -0.2) is 0 Å². The molecule has 1 fully saturated rings. The van der Waals surface area contributed by atoms with Crippen LogP contribution >= 0.6 is 0 Å². The lowest BCUT2D eigenvalue weighted by molar-refractivity contribution is 0.303. The first-order valence-corrected chi connectivity index (χ1v) is 6.00. The molecule has 0 aliphatic heterocycles. The Hall–Kier alpha value is -0.980. The zero-order chi connectivity index (χ0) is 10.8. The molecule has 1 aliphatic carbocycles. The molecule has 0 amide bonds. The Balaban J connectivity index is 2.20. The van der Waals surface area contributed by atoms with Gasteiger partial charge in [0.05, 0.1) is 6.10 Å². The summed E-state index contributed by atoms with van der Waals surface area (Å²) in [6.45, 7) is 6.70. The molecule has 0 heterocycles. The third-order valence-corrected chi connectivity index (χ3v) is 2.94. The third-order valence-electron chi connectivity index (χ3n) is 2.94. The van der Waals surface area contributed by atoms with E-state index in [2.05, 4.69) is 39.0 Å². The van der Waals surface area contributed by atoms with Gasteiger partial charge in [0.2, 0.25) is 0 Å². The van der Waals surface area contributed by atoms with Gasteiger partial charge in [0.25, 0.3) is 0 Å². The van der Waals surface area contributed by atoms with E-state index in [1.54, 1.807) is 0 Å². The molecule has 15 heavy (non-hydrogen) atoms. The molecule has 0 unspecified atom stereocenters. The Morgan fingerprint density at radius 1 is 1.33 bits per heavy atom. The largest absolute Gasteiger partial charge is 0.490 e. The van der Waals surface area contributed by atoms with Crippen LogP contribution in [0.25, 0.3) is 0 Å². The van der Waals surface area contributed by atoms with Crippen LogP contribution in [0.3, 0.4) is 0 Å². The van der Waals surface area contributed by atoms with Crippen molar-refractivity contribution in [1.82, 2.24) is 0 Å². The molecule has 1 aliphatic rings. The van der Waals surface area contributed by atoms with Crippen molar-refractivity contribution in [3.05, 3.63) is 29.3 Å². The maximum absolute atomic E-state index is 5.80. The van der Waals surface area contributed by atoms with Gasteiger partial charge in [-0.3, -0.25) is 0 Å². The highest BCUT2D eigenvalue weighted by molar-refractivity contribution is 5.37. The number of hydrogen-bond donors (Lipinski definition) is 0. The van der Waals surface area contributed by atoms with E-state index >= 15 is 0 Å². The SMILES string of the molecule is CCc1cc(OC2CC2)ccc1C(C)C. The third kappa shape index (κ3) is 2.53. The van der Waals surface area contributed by atoms with Gasteiger partial charge in [0.15, 0.2) is 0 Å². The molecule has 82 valence electrons. The van der Waals surface area contributed by atoms with Crippen molar-refractivity contribution in [1.29, 1.82) is 0 Å². The van der Waals surface area contributed by atoms with Crippen molar-refractivity contribution in [2.24, 2.45) is 0 Å². The molecule has 1 aromatic rings. The molecule has 0 saturated heterocycles. The summed E-state index contributed by atoms with van der Waals surface area (Å²) in [6, 6.07) is 6.56. The van der Waals surface area contributed by atoms with Crippen molar-refractivity contribution in [2.75, 3.05) is 0 Å². The summed E-state index contributed by atoms with van der Waals surface area (Å²) in [6.07, 6.45) is 4.05. The van der Waals surface area contributed by atoms with Crippen LogP contribution in [0.4, 0.5) is 0 Å². The molecule has 1 heteroatoms. The number of hydrogen-bond acceptors (Lipinski definition) is 1. The molecule has 1 nitrogen and oxygen atoms in total. The van der Waals surface area contributed by atoms with E-state index in [9.17, 15) is 0 Å². The molecular weight excluding hydrogens is 184 g/mol. The summed E-state index contributed by atoms with van der Waals surface area (Å²) in [5, 5.41) is 0. The fourth-order valence-electron chi connectivity index (χ4n) is 1.90. The smallest absolute Gasteiger partial charge is 0.120 e. The van der Waals surface area contributed by atoms with Crippen LogP contribution in [0.15, 0.2) is 18.2 Å². The van der Waals surface area contributed by atoms with Crippen LogP contribution in [-0.4, -0.2) is 6.10 Å². The number of aryl methyl sites for hydroxylation is 1. The summed E-state index contributed by atoms with van der Waals surface area (Å²) in [7, 11) is 0. The fraction of sp³-hybridized carbons (Fsp3) is 0.571. The first kappa shape index (κ1) is 10.5. The lowest BCUT2D eigenvalue weighted by Crippen LogP contribution is -1.99. The molecule has 0 aromatic heterocycles. The van der Waals surface area contributed by atoms with E-state index in [1.807, 2.05) is 0 Å². The highest BCUT2D eigenvalue weighted by atomic mass is 16.5. The van der Waals surface area contributed by atoms with Crippen LogP contribution in [0.5, 0.6) is 5.75 Å². The first-order chi connectivity index (χ1) is 7.20. The lowest BCUT2D eigenvalue weighted by atomic mass is 9.95. The Bertz CT molecular complexity index is 337. The minimum atomic E-state index is 0.500. The van der Waals surface area contributed by atoms with Crippen LogP contribution in [0.1, 0.15) is 50.7 Å². The minimum absolute atomic E-state index is 0.500. The molecule has 0 atom stereocenters. The average Bonchev–Trinajstić information content (AvgIpc) is 3.01. The van der Waals surface area contributed by atoms with Gasteiger partial charge >= 0.3 is 0 Å². The molecule has 0 bridgehead atoms. The van der Waals surface area contributed by atoms with Crippen molar-refractivity contribution in [3.63, 3.8) is 0 Å². The lowest BCUT2D eigenvalue weighted by Gasteiger charge is -2.13. The van der Waals surface area contributed by atoms with Crippen LogP contribution in [0.2, 0.25) is 0 Å². The van der Waals surface area contributed by atoms with Crippen LogP contribution in [-0.2, 0) is 6.42 Å². The first-order valence-electron chi connectivity index (χ1n) is 6.00. The van der Waals surface area contributed by atoms with Gasteiger partial charge in [0.1, 0.15) is 5.75 Å². The maximum Gasteiger partial charge on any atom is 0.120 e. The van der Waals surface area contributed by atoms with E-state index in [0.29, 0.717) is 12.0 Å². The monoisotopic (exact) mass is 204 g/mol. The predicted octanol–water partition coefficient (Wildman–Crippen LogP) is 3.91. The Labute approximate surface area is 92.5 Å². The van der Waals surface area contributed by atoms with E-state index in [0.717, 1.165) is 12.2 Å². The molecule has 0 spiro atoms. The van der Waals surface area contributed by atoms with Gasteiger partial charge in [0, 0.05) is 0 Å². The summed E-state index contributed by atoms with van der Waals surface area (Å²) < 4.78 is 5.80. The summed E-state index contributed by atoms with van der Waals surface area (Å²) in [4.78, 5) is 0. The molecule has 1 aromatic carbocycles. The molecule has 2 rings (SSSR count). The quantitative estimate of drug-likeness (QED) is 0.722. The molecule has 0 radical (unpaired) electrons. The Morgan fingerprint density at radius 2 is 2.07 bits per heavy atom. The second-order valence-corrected chi connectivity index (χ2v) is 4.69. The summed E-state index contributed by atoms with van der Waals surface area (Å²) in [5.41, 5.74) is 2.89. The van der Waals surface area contributed by atoms with Gasteiger partial charge in [-0.1, -0.05) is 26.8 Å².